The highest BCUT2D eigenvalue weighted by Gasteiger charge is 2.11. The lowest BCUT2D eigenvalue weighted by Gasteiger charge is -2.17. The highest BCUT2D eigenvalue weighted by atomic mass is 32.1. The molecule has 0 radical (unpaired) electrons. The number of anilines is 1. The Morgan fingerprint density at radius 2 is 1.86 bits per heavy atom. The third-order valence-corrected chi connectivity index (χ3v) is 8.07. The van der Waals surface area contributed by atoms with E-state index in [1.165, 1.54) is 11.1 Å². The lowest BCUT2D eigenvalue weighted by atomic mass is 10.1. The average Bonchev–Trinajstić information content (AvgIpc) is 3.64. The molecule has 0 saturated carbocycles. The number of nitrogens with one attached hydrogen (secondary N) is 2. The highest BCUT2D eigenvalue weighted by Crippen LogP contribution is 2.28. The topological polar surface area (TPSA) is 79.5 Å². The van der Waals surface area contributed by atoms with E-state index in [2.05, 4.69) is 63.9 Å². The van der Waals surface area contributed by atoms with E-state index in [1.54, 1.807) is 25.6 Å². The number of aryl methyl sites for hydroxylation is 1. The number of benzene rings is 3. The van der Waals surface area contributed by atoms with Gasteiger partial charge in [0.25, 0.3) is 0 Å². The van der Waals surface area contributed by atoms with Crippen LogP contribution in [0.4, 0.5) is 5.69 Å². The fourth-order valence-electron chi connectivity index (χ4n) is 4.94. The lowest BCUT2D eigenvalue weighted by Crippen LogP contribution is -2.20. The SMILES string of the molecule is COc1ccc(CCN(C)Cc2cccc(/C=C/c3n[nH]c4cc(C)c(NC(=O)Cc5cccs5)cc34)c2)cc1OC. The van der Waals surface area contributed by atoms with Crippen molar-refractivity contribution in [3.05, 3.63) is 105 Å². The van der Waals surface area contributed by atoms with Crippen LogP contribution in [0.2, 0.25) is 0 Å². The van der Waals surface area contributed by atoms with Crippen molar-refractivity contribution >= 4 is 46.0 Å². The number of fused-ring (bicyclic) bond motifs is 1. The van der Waals surface area contributed by atoms with Crippen LogP contribution in [-0.4, -0.2) is 48.8 Å². The van der Waals surface area contributed by atoms with Gasteiger partial charge in [-0.25, -0.2) is 0 Å². The minimum atomic E-state index is -0.0222. The van der Waals surface area contributed by atoms with Gasteiger partial charge in [0.1, 0.15) is 0 Å². The number of aromatic nitrogens is 2. The molecule has 0 aliphatic rings. The van der Waals surface area contributed by atoms with Gasteiger partial charge in [-0.3, -0.25) is 9.89 Å². The second-order valence-corrected chi connectivity index (χ2v) is 11.4. The molecule has 0 aliphatic carbocycles. The van der Waals surface area contributed by atoms with Crippen LogP contribution in [0, 0.1) is 6.92 Å². The summed E-state index contributed by atoms with van der Waals surface area (Å²) in [6, 6.07) is 22.6. The van der Waals surface area contributed by atoms with Crippen molar-refractivity contribution in [1.82, 2.24) is 15.1 Å². The first-order valence-corrected chi connectivity index (χ1v) is 14.8. The van der Waals surface area contributed by atoms with Gasteiger partial charge < -0.3 is 19.7 Å². The predicted molar refractivity (Wildman–Crippen MR) is 172 cm³/mol. The number of ether oxygens (including phenoxy) is 2. The van der Waals surface area contributed by atoms with Crippen LogP contribution in [0.5, 0.6) is 11.5 Å². The zero-order valence-corrected chi connectivity index (χ0v) is 25.3. The van der Waals surface area contributed by atoms with Gasteiger partial charge in [0.05, 0.1) is 31.9 Å². The minimum absolute atomic E-state index is 0.0222. The summed E-state index contributed by atoms with van der Waals surface area (Å²) in [6.07, 6.45) is 5.39. The highest BCUT2D eigenvalue weighted by molar-refractivity contribution is 7.10. The number of aromatic amines is 1. The quantitative estimate of drug-likeness (QED) is 0.167. The molecular formula is C34H36N4O3S. The van der Waals surface area contributed by atoms with E-state index in [0.717, 1.165) is 69.3 Å². The Balaban J connectivity index is 1.23. The number of carbonyl (C=O) groups excluding carboxylic acids is 1. The lowest BCUT2D eigenvalue weighted by molar-refractivity contribution is -0.115. The van der Waals surface area contributed by atoms with Gasteiger partial charge in [-0.1, -0.05) is 42.5 Å². The molecule has 3 aromatic carbocycles. The van der Waals surface area contributed by atoms with Crippen molar-refractivity contribution in [2.45, 2.75) is 26.3 Å². The molecule has 216 valence electrons. The van der Waals surface area contributed by atoms with Crippen molar-refractivity contribution in [3.63, 3.8) is 0 Å². The number of hydrogen-bond donors (Lipinski definition) is 2. The second-order valence-electron chi connectivity index (χ2n) is 10.4. The first-order valence-electron chi connectivity index (χ1n) is 13.9. The average molecular weight is 581 g/mol. The number of likely N-dealkylation sites (N-methyl/N-ethyl adjacent to an activating group) is 1. The minimum Gasteiger partial charge on any atom is -0.493 e. The zero-order valence-electron chi connectivity index (χ0n) is 24.4. The van der Waals surface area contributed by atoms with Crippen LogP contribution in [0.15, 0.2) is 72.1 Å². The van der Waals surface area contributed by atoms with E-state index < -0.39 is 0 Å². The fourth-order valence-corrected chi connectivity index (χ4v) is 5.64. The molecule has 5 aromatic rings. The van der Waals surface area contributed by atoms with Crippen molar-refractivity contribution in [2.75, 3.05) is 33.1 Å². The van der Waals surface area contributed by atoms with Crippen molar-refractivity contribution in [1.29, 1.82) is 0 Å². The number of carbonyl (C=O) groups is 1. The maximum absolute atomic E-state index is 12.6. The van der Waals surface area contributed by atoms with Gasteiger partial charge in [-0.2, -0.15) is 5.10 Å². The van der Waals surface area contributed by atoms with Crippen molar-refractivity contribution < 1.29 is 14.3 Å². The number of H-pyrrole nitrogens is 1. The van der Waals surface area contributed by atoms with Gasteiger partial charge in [0, 0.05) is 29.0 Å². The van der Waals surface area contributed by atoms with E-state index in [0.29, 0.717) is 6.42 Å². The standard InChI is InChI=1S/C34H36N4O3S/c1-23-17-31-28(21-30(23)35-34(39)20-27-9-6-16-42-27)29(36-37-31)12-10-24-7-5-8-26(18-24)22-38(2)15-14-25-11-13-32(40-3)33(19-25)41-4/h5-13,16-19,21H,14-15,20,22H2,1-4H3,(H,35,39)(H,36,37)/b12-10+. The van der Waals surface area contributed by atoms with E-state index in [-0.39, 0.29) is 5.91 Å². The molecule has 0 spiro atoms. The molecule has 2 aromatic heterocycles. The zero-order chi connectivity index (χ0) is 29.5. The summed E-state index contributed by atoms with van der Waals surface area (Å²) in [5.74, 6) is 1.48. The van der Waals surface area contributed by atoms with Crippen LogP contribution < -0.4 is 14.8 Å². The number of amides is 1. The maximum atomic E-state index is 12.6. The Morgan fingerprint density at radius 3 is 2.64 bits per heavy atom. The van der Waals surface area contributed by atoms with Crippen LogP contribution in [0.3, 0.4) is 0 Å². The number of methoxy groups -OCH3 is 2. The molecule has 42 heavy (non-hydrogen) atoms. The molecule has 0 unspecified atom stereocenters. The third kappa shape index (κ3) is 7.26. The summed E-state index contributed by atoms with van der Waals surface area (Å²) in [6.45, 7) is 3.75. The smallest absolute Gasteiger partial charge is 0.229 e. The van der Waals surface area contributed by atoms with Gasteiger partial charge in [-0.15, -0.1) is 11.3 Å². The van der Waals surface area contributed by atoms with E-state index >= 15 is 0 Å². The molecule has 2 heterocycles. The summed E-state index contributed by atoms with van der Waals surface area (Å²) >= 11 is 1.59. The predicted octanol–water partition coefficient (Wildman–Crippen LogP) is 6.98. The summed E-state index contributed by atoms with van der Waals surface area (Å²) in [5.41, 5.74) is 7.12. The first kappa shape index (κ1) is 29.1. The van der Waals surface area contributed by atoms with Gasteiger partial charge in [0.2, 0.25) is 5.91 Å². The molecule has 1 amide bonds. The maximum Gasteiger partial charge on any atom is 0.229 e. The van der Waals surface area contributed by atoms with Crippen LogP contribution >= 0.6 is 11.3 Å². The molecule has 0 bridgehead atoms. The summed E-state index contributed by atoms with van der Waals surface area (Å²) in [4.78, 5) is 16.0. The normalized spacial score (nSPS) is 11.5. The van der Waals surface area contributed by atoms with Gasteiger partial charge in [-0.05, 0) is 84.4 Å². The van der Waals surface area contributed by atoms with Crippen molar-refractivity contribution in [2.24, 2.45) is 0 Å². The fraction of sp³-hybridized carbons (Fsp3) is 0.235. The summed E-state index contributed by atoms with van der Waals surface area (Å²) in [7, 11) is 5.45. The molecule has 0 atom stereocenters. The second kappa shape index (κ2) is 13.5. The number of rotatable bonds is 12. The van der Waals surface area contributed by atoms with Crippen LogP contribution in [-0.2, 0) is 24.2 Å². The number of hydrogen-bond acceptors (Lipinski definition) is 6. The molecule has 2 N–H and O–H groups in total. The molecule has 0 aliphatic heterocycles. The Morgan fingerprint density at radius 1 is 1.00 bits per heavy atom. The monoisotopic (exact) mass is 580 g/mol. The van der Waals surface area contributed by atoms with Crippen LogP contribution in [0.1, 0.15) is 32.8 Å². The Hall–Kier alpha value is -4.40. The van der Waals surface area contributed by atoms with E-state index in [4.69, 9.17) is 9.47 Å². The van der Waals surface area contributed by atoms with Gasteiger partial charge in [0.15, 0.2) is 11.5 Å². The Labute approximate surface area is 250 Å². The molecule has 7 nitrogen and oxygen atoms in total. The Bertz CT molecular complexity index is 1690. The van der Waals surface area contributed by atoms with Crippen molar-refractivity contribution in [3.8, 4) is 11.5 Å². The molecule has 0 fully saturated rings. The van der Waals surface area contributed by atoms with E-state index in [9.17, 15) is 4.79 Å². The molecule has 0 saturated heterocycles. The first-order chi connectivity index (χ1) is 20.4. The molecular weight excluding hydrogens is 544 g/mol. The van der Waals surface area contributed by atoms with Gasteiger partial charge >= 0.3 is 0 Å². The summed E-state index contributed by atoms with van der Waals surface area (Å²) in [5, 5.41) is 13.7. The molecule has 8 heteroatoms. The van der Waals surface area contributed by atoms with E-state index in [1.807, 2.05) is 54.8 Å². The summed E-state index contributed by atoms with van der Waals surface area (Å²) < 4.78 is 10.8. The Kier molecular flexibility index (Phi) is 9.36. The largest absolute Gasteiger partial charge is 0.493 e. The number of thiophene rings is 1. The third-order valence-electron chi connectivity index (χ3n) is 7.19. The number of nitrogens with zero attached hydrogens (tertiary/aromatic N) is 2. The van der Waals surface area contributed by atoms with Crippen LogP contribution in [0.25, 0.3) is 23.1 Å². The molecule has 5 rings (SSSR count).